The van der Waals surface area contributed by atoms with E-state index in [1.165, 1.54) is 22.8 Å². The molecule has 0 aliphatic carbocycles. The first kappa shape index (κ1) is 14.8. The van der Waals surface area contributed by atoms with E-state index in [0.29, 0.717) is 5.69 Å². The number of nitriles is 1. The predicted octanol–water partition coefficient (Wildman–Crippen LogP) is 1.77. The summed E-state index contributed by atoms with van der Waals surface area (Å²) in [5.74, 6) is 0. The maximum absolute atomic E-state index is 12.8. The van der Waals surface area contributed by atoms with Crippen molar-refractivity contribution in [3.63, 3.8) is 0 Å². The van der Waals surface area contributed by atoms with Crippen LogP contribution < -0.4 is 10.0 Å². The zero-order chi connectivity index (χ0) is 15.3. The molecule has 108 valence electrons. The topological polar surface area (TPSA) is 100 Å². The third kappa shape index (κ3) is 3.12. The first-order valence-corrected chi connectivity index (χ1v) is 7.65. The lowest BCUT2D eigenvalue weighted by Gasteiger charge is -2.23. The molecule has 0 unspecified atom stereocenters. The van der Waals surface area contributed by atoms with Crippen molar-refractivity contribution >= 4 is 21.4 Å². The smallest absolute Gasteiger partial charge is 0.267 e. The van der Waals surface area contributed by atoms with Gasteiger partial charge in [-0.2, -0.15) is 5.26 Å². The zero-order valence-electron chi connectivity index (χ0n) is 11.2. The maximum Gasteiger partial charge on any atom is 0.267 e. The van der Waals surface area contributed by atoms with E-state index in [9.17, 15) is 8.42 Å². The predicted molar refractivity (Wildman–Crippen MR) is 79.9 cm³/mol. The molecule has 0 radical (unpaired) electrons. The number of hydrogen-bond donors (Lipinski definition) is 1. The lowest BCUT2D eigenvalue weighted by atomic mass is 10.3. The molecule has 1 aromatic carbocycles. The Morgan fingerprint density at radius 3 is 2.57 bits per heavy atom. The molecular formula is C14H14N4O2S. The molecule has 7 heteroatoms. The number of pyridine rings is 1. The Kier molecular flexibility index (Phi) is 4.40. The number of benzene rings is 1. The second-order valence-electron chi connectivity index (χ2n) is 4.23. The van der Waals surface area contributed by atoms with Crippen LogP contribution in [0.5, 0.6) is 0 Å². The number of anilines is 2. The minimum Gasteiger partial charge on any atom is -0.398 e. The molecule has 0 aliphatic heterocycles. The molecule has 2 rings (SSSR count). The van der Waals surface area contributed by atoms with Crippen LogP contribution in [0.25, 0.3) is 0 Å². The normalized spacial score (nSPS) is 10.8. The van der Waals surface area contributed by atoms with Crippen molar-refractivity contribution in [2.24, 2.45) is 0 Å². The molecule has 1 heterocycles. The van der Waals surface area contributed by atoms with Crippen LogP contribution in [0, 0.1) is 11.3 Å². The zero-order valence-corrected chi connectivity index (χ0v) is 12.0. The summed E-state index contributed by atoms with van der Waals surface area (Å²) in [6.07, 6.45) is 2.72. The monoisotopic (exact) mass is 302 g/mol. The van der Waals surface area contributed by atoms with Crippen molar-refractivity contribution < 1.29 is 8.42 Å². The molecule has 0 spiro atoms. The summed E-state index contributed by atoms with van der Waals surface area (Å²) in [7, 11) is -3.86. The molecule has 0 saturated carbocycles. The lowest BCUT2D eigenvalue weighted by Crippen LogP contribution is -2.32. The van der Waals surface area contributed by atoms with Crippen LogP contribution in [0.1, 0.15) is 6.42 Å². The van der Waals surface area contributed by atoms with Gasteiger partial charge in [-0.15, -0.1) is 0 Å². The van der Waals surface area contributed by atoms with E-state index in [1.54, 1.807) is 30.3 Å². The van der Waals surface area contributed by atoms with E-state index in [1.807, 2.05) is 6.07 Å². The number of hydrogen-bond acceptors (Lipinski definition) is 5. The van der Waals surface area contributed by atoms with Gasteiger partial charge in [-0.05, 0) is 18.2 Å². The Hall–Kier alpha value is -2.59. The summed E-state index contributed by atoms with van der Waals surface area (Å²) in [5, 5.41) is 8.74. The number of aromatic nitrogens is 1. The minimum atomic E-state index is -3.86. The van der Waals surface area contributed by atoms with Gasteiger partial charge in [-0.25, -0.2) is 8.42 Å². The van der Waals surface area contributed by atoms with Crippen LogP contribution in [0.15, 0.2) is 53.7 Å². The number of para-hydroxylation sites is 1. The van der Waals surface area contributed by atoms with Crippen LogP contribution >= 0.6 is 0 Å². The number of nitrogens with two attached hydrogens (primary N) is 1. The van der Waals surface area contributed by atoms with Crippen LogP contribution in [0.4, 0.5) is 11.4 Å². The highest BCUT2D eigenvalue weighted by Crippen LogP contribution is 2.26. The van der Waals surface area contributed by atoms with Gasteiger partial charge in [0, 0.05) is 18.9 Å². The molecule has 6 nitrogen and oxygen atoms in total. The van der Waals surface area contributed by atoms with Gasteiger partial charge in [0.15, 0.2) is 0 Å². The van der Waals surface area contributed by atoms with Crippen LogP contribution in [0.2, 0.25) is 0 Å². The summed E-state index contributed by atoms with van der Waals surface area (Å²) >= 11 is 0. The number of rotatable bonds is 5. The van der Waals surface area contributed by atoms with Crippen LogP contribution in [-0.4, -0.2) is 19.9 Å². The van der Waals surface area contributed by atoms with E-state index in [-0.39, 0.29) is 23.5 Å². The number of nitrogen functional groups attached to an aromatic ring is 1. The molecule has 0 saturated heterocycles. The highest BCUT2D eigenvalue weighted by Gasteiger charge is 2.26. The van der Waals surface area contributed by atoms with Gasteiger partial charge in [0.1, 0.15) is 4.90 Å². The Labute approximate surface area is 123 Å². The summed E-state index contributed by atoms with van der Waals surface area (Å²) < 4.78 is 26.7. The third-order valence-corrected chi connectivity index (χ3v) is 4.73. The van der Waals surface area contributed by atoms with E-state index in [0.717, 1.165) is 0 Å². The minimum absolute atomic E-state index is 0.0528. The highest BCUT2D eigenvalue weighted by atomic mass is 32.2. The first-order valence-electron chi connectivity index (χ1n) is 6.21. The fourth-order valence-corrected chi connectivity index (χ4v) is 3.39. The highest BCUT2D eigenvalue weighted by molar-refractivity contribution is 7.93. The SMILES string of the molecule is N#CCCN(c1ccccc1)S(=O)(=O)c1cnccc1N. The quantitative estimate of drug-likeness (QED) is 0.907. The second kappa shape index (κ2) is 6.24. The lowest BCUT2D eigenvalue weighted by molar-refractivity contribution is 0.591. The average Bonchev–Trinajstić information content (AvgIpc) is 2.49. The summed E-state index contributed by atoms with van der Waals surface area (Å²) in [4.78, 5) is 3.75. The fourth-order valence-electron chi connectivity index (χ4n) is 1.86. The van der Waals surface area contributed by atoms with E-state index < -0.39 is 10.0 Å². The van der Waals surface area contributed by atoms with Crippen LogP contribution in [0.3, 0.4) is 0 Å². The molecule has 2 N–H and O–H groups in total. The van der Waals surface area contributed by atoms with Gasteiger partial charge >= 0.3 is 0 Å². The summed E-state index contributed by atoms with van der Waals surface area (Å²) in [6, 6.07) is 12.0. The second-order valence-corrected chi connectivity index (χ2v) is 6.07. The Balaban J connectivity index is 2.51. The van der Waals surface area contributed by atoms with E-state index >= 15 is 0 Å². The van der Waals surface area contributed by atoms with Gasteiger partial charge < -0.3 is 5.73 Å². The van der Waals surface area contributed by atoms with E-state index in [2.05, 4.69) is 4.98 Å². The number of sulfonamides is 1. The molecule has 2 aromatic rings. The number of nitrogens with zero attached hydrogens (tertiary/aromatic N) is 3. The van der Waals surface area contributed by atoms with Crippen molar-refractivity contribution in [3.8, 4) is 6.07 Å². The van der Waals surface area contributed by atoms with Crippen molar-refractivity contribution in [2.45, 2.75) is 11.3 Å². The van der Waals surface area contributed by atoms with Crippen LogP contribution in [-0.2, 0) is 10.0 Å². The molecule has 1 aromatic heterocycles. The maximum atomic E-state index is 12.8. The average molecular weight is 302 g/mol. The Bertz CT molecular complexity index is 754. The largest absolute Gasteiger partial charge is 0.398 e. The van der Waals surface area contributed by atoms with Gasteiger partial charge in [0.25, 0.3) is 10.0 Å². The fraction of sp³-hybridized carbons (Fsp3) is 0.143. The van der Waals surface area contributed by atoms with Gasteiger partial charge in [0.2, 0.25) is 0 Å². The van der Waals surface area contributed by atoms with Crippen molar-refractivity contribution in [1.82, 2.24) is 4.98 Å². The first-order chi connectivity index (χ1) is 10.1. The Morgan fingerprint density at radius 1 is 1.24 bits per heavy atom. The van der Waals surface area contributed by atoms with Crippen molar-refractivity contribution in [2.75, 3.05) is 16.6 Å². The summed E-state index contributed by atoms with van der Waals surface area (Å²) in [6.45, 7) is 0.0528. The molecule has 0 fully saturated rings. The molecule has 0 aliphatic rings. The molecule has 0 amide bonds. The van der Waals surface area contributed by atoms with E-state index in [4.69, 9.17) is 11.0 Å². The van der Waals surface area contributed by atoms with Gasteiger partial charge in [0.05, 0.1) is 23.9 Å². The van der Waals surface area contributed by atoms with Gasteiger partial charge in [-0.3, -0.25) is 9.29 Å². The standard InChI is InChI=1S/C14H14N4O2S/c15-8-4-10-18(12-5-2-1-3-6-12)21(19,20)14-11-17-9-7-13(14)16/h1-3,5-7,9,11H,4,10H2,(H2,16,17). The third-order valence-electron chi connectivity index (χ3n) is 2.86. The van der Waals surface area contributed by atoms with Crippen molar-refractivity contribution in [1.29, 1.82) is 5.26 Å². The molecule has 0 atom stereocenters. The molecular weight excluding hydrogens is 288 g/mol. The summed E-state index contributed by atoms with van der Waals surface area (Å²) in [5.41, 5.74) is 6.35. The van der Waals surface area contributed by atoms with Crippen molar-refractivity contribution in [3.05, 3.63) is 48.8 Å². The Morgan fingerprint density at radius 2 is 1.95 bits per heavy atom. The van der Waals surface area contributed by atoms with Gasteiger partial charge in [-0.1, -0.05) is 18.2 Å². The molecule has 21 heavy (non-hydrogen) atoms. The molecule has 0 bridgehead atoms.